The highest BCUT2D eigenvalue weighted by atomic mass is 79.9. The first-order valence-electron chi connectivity index (χ1n) is 14.9. The van der Waals surface area contributed by atoms with Crippen LogP contribution in [0.15, 0.2) is 86.2 Å². The van der Waals surface area contributed by atoms with Crippen LogP contribution < -0.4 is 19.6 Å². The van der Waals surface area contributed by atoms with Gasteiger partial charge in [0.25, 0.3) is 5.56 Å². The average Bonchev–Trinajstić information content (AvgIpc) is 3.46. The Morgan fingerprint density at radius 1 is 1.11 bits per heavy atom. The van der Waals surface area contributed by atoms with E-state index in [-0.39, 0.29) is 11.7 Å². The van der Waals surface area contributed by atoms with Crippen molar-refractivity contribution in [1.29, 1.82) is 0 Å². The van der Waals surface area contributed by atoms with Crippen molar-refractivity contribution < 1.29 is 14.3 Å². The molecular formula is C36H33BrClN3O4S. The summed E-state index contributed by atoms with van der Waals surface area (Å²) in [6.07, 6.45) is 1.83. The van der Waals surface area contributed by atoms with Gasteiger partial charge in [-0.3, -0.25) is 9.36 Å². The number of carbonyl (C=O) groups excluding carboxylic acids is 1. The smallest absolute Gasteiger partial charge is 0.338 e. The van der Waals surface area contributed by atoms with Crippen molar-refractivity contribution in [3.8, 4) is 5.75 Å². The van der Waals surface area contributed by atoms with Crippen molar-refractivity contribution in [3.05, 3.63) is 129 Å². The number of halogens is 2. The Morgan fingerprint density at radius 3 is 2.54 bits per heavy atom. The van der Waals surface area contributed by atoms with Crippen LogP contribution in [0.5, 0.6) is 5.75 Å². The topological polar surface area (TPSA) is 74.8 Å². The number of rotatable bonds is 7. The Kier molecular flexibility index (Phi) is 8.85. The lowest BCUT2D eigenvalue weighted by Gasteiger charge is -2.26. The van der Waals surface area contributed by atoms with Crippen LogP contribution >= 0.6 is 38.9 Å². The number of aryl methyl sites for hydroxylation is 1. The summed E-state index contributed by atoms with van der Waals surface area (Å²) in [5.41, 5.74) is 6.57. The summed E-state index contributed by atoms with van der Waals surface area (Å²) >= 11 is 11.0. The molecule has 46 heavy (non-hydrogen) atoms. The standard InChI is InChI=1S/C36H33BrClN3O4S/c1-19(2)45-29-15-12-24(37)16-28(29)33-31(35(43)44-6)21(4)39-36-41(33)34(42)30(46-36)17-27-22(5)40(18-23-10-13-25(38)14-11-23)32-20(3)8-7-9-26(27)32/h7-17,19,33H,18H2,1-6H3/b30-17-/t33-/m1/s1. The summed E-state index contributed by atoms with van der Waals surface area (Å²) in [4.78, 5) is 33.0. The van der Waals surface area contributed by atoms with Gasteiger partial charge in [-0.25, -0.2) is 9.79 Å². The van der Waals surface area contributed by atoms with Crippen LogP contribution in [-0.2, 0) is 16.1 Å². The molecule has 0 fully saturated rings. The van der Waals surface area contributed by atoms with Crippen LogP contribution in [0.25, 0.3) is 17.0 Å². The molecule has 0 aliphatic carbocycles. The Labute approximate surface area is 284 Å². The van der Waals surface area contributed by atoms with E-state index < -0.39 is 12.0 Å². The maximum Gasteiger partial charge on any atom is 0.338 e. The highest BCUT2D eigenvalue weighted by Gasteiger charge is 2.35. The molecule has 0 radical (unpaired) electrons. The highest BCUT2D eigenvalue weighted by Crippen LogP contribution is 2.38. The van der Waals surface area contributed by atoms with Crippen molar-refractivity contribution in [2.24, 2.45) is 4.99 Å². The second kappa shape index (κ2) is 12.7. The number of esters is 1. The highest BCUT2D eigenvalue weighted by molar-refractivity contribution is 9.10. The molecule has 1 atom stereocenters. The van der Waals surface area contributed by atoms with E-state index in [1.165, 1.54) is 18.4 Å². The molecule has 0 saturated heterocycles. The monoisotopic (exact) mass is 717 g/mol. The molecule has 0 N–H and O–H groups in total. The Morgan fingerprint density at radius 2 is 1.85 bits per heavy atom. The normalized spacial score (nSPS) is 15.0. The Balaban J connectivity index is 1.59. The minimum atomic E-state index is -0.799. The van der Waals surface area contributed by atoms with Gasteiger partial charge in [-0.2, -0.15) is 0 Å². The molecule has 236 valence electrons. The van der Waals surface area contributed by atoms with E-state index in [0.717, 1.165) is 37.8 Å². The first-order chi connectivity index (χ1) is 22.0. The predicted molar refractivity (Wildman–Crippen MR) is 188 cm³/mol. The number of fused-ring (bicyclic) bond motifs is 2. The first kappa shape index (κ1) is 32.0. The number of aromatic nitrogens is 2. The molecule has 0 saturated carbocycles. The number of carbonyl (C=O) groups is 1. The molecule has 3 aromatic carbocycles. The van der Waals surface area contributed by atoms with Crippen LogP contribution in [0.2, 0.25) is 5.02 Å². The van der Waals surface area contributed by atoms with Gasteiger partial charge in [0.15, 0.2) is 4.80 Å². The second-order valence-corrected chi connectivity index (χ2v) is 14.0. The van der Waals surface area contributed by atoms with E-state index in [2.05, 4.69) is 46.5 Å². The second-order valence-electron chi connectivity index (χ2n) is 11.6. The van der Waals surface area contributed by atoms with Gasteiger partial charge in [-0.1, -0.05) is 69.2 Å². The number of para-hydroxylation sites is 1. The number of allylic oxidation sites excluding steroid dienone is 1. The van der Waals surface area contributed by atoms with Gasteiger partial charge in [0.1, 0.15) is 11.8 Å². The minimum Gasteiger partial charge on any atom is -0.491 e. The van der Waals surface area contributed by atoms with E-state index in [0.29, 0.717) is 43.5 Å². The van der Waals surface area contributed by atoms with Crippen molar-refractivity contribution in [2.75, 3.05) is 7.11 Å². The number of hydrogen-bond donors (Lipinski definition) is 0. The molecule has 1 aliphatic rings. The first-order valence-corrected chi connectivity index (χ1v) is 16.9. The minimum absolute atomic E-state index is 0.126. The number of thiazole rings is 1. The number of nitrogens with zero attached hydrogens (tertiary/aromatic N) is 3. The predicted octanol–water partition coefficient (Wildman–Crippen LogP) is 7.23. The van der Waals surface area contributed by atoms with Crippen molar-refractivity contribution in [1.82, 2.24) is 9.13 Å². The molecule has 0 amide bonds. The SMILES string of the molecule is COC(=O)C1=C(C)N=c2s/c(=C\c3c(C)n(Cc4ccc(Cl)cc4)c4c(C)cccc34)c(=O)n2[C@@H]1c1cc(Br)ccc1OC(C)C. The average molecular weight is 719 g/mol. The lowest BCUT2D eigenvalue weighted by Crippen LogP contribution is -2.40. The zero-order valence-electron chi connectivity index (χ0n) is 26.4. The zero-order chi connectivity index (χ0) is 32.9. The molecule has 6 rings (SSSR count). The molecule has 7 nitrogen and oxygen atoms in total. The number of methoxy groups -OCH3 is 1. The van der Waals surface area contributed by atoms with Crippen LogP contribution in [0.1, 0.15) is 54.8 Å². The third-order valence-corrected chi connectivity index (χ3v) is 9.91. The van der Waals surface area contributed by atoms with Crippen LogP contribution in [0.3, 0.4) is 0 Å². The van der Waals surface area contributed by atoms with E-state index in [1.54, 1.807) is 11.5 Å². The van der Waals surface area contributed by atoms with Gasteiger partial charge in [0.05, 0.1) is 34.5 Å². The van der Waals surface area contributed by atoms with Gasteiger partial charge in [-0.15, -0.1) is 0 Å². The quantitative estimate of drug-likeness (QED) is 0.167. The van der Waals surface area contributed by atoms with Crippen molar-refractivity contribution >= 4 is 61.8 Å². The van der Waals surface area contributed by atoms with Gasteiger partial charge in [0.2, 0.25) is 0 Å². The van der Waals surface area contributed by atoms with Crippen LogP contribution in [-0.4, -0.2) is 28.3 Å². The van der Waals surface area contributed by atoms with Crippen molar-refractivity contribution in [3.63, 3.8) is 0 Å². The summed E-state index contributed by atoms with van der Waals surface area (Å²) in [5, 5.41) is 1.75. The molecule has 5 aromatic rings. The van der Waals surface area contributed by atoms with E-state index in [4.69, 9.17) is 26.1 Å². The third kappa shape index (κ3) is 5.76. The molecule has 1 aliphatic heterocycles. The molecule has 0 unspecified atom stereocenters. The largest absolute Gasteiger partial charge is 0.491 e. The Bertz CT molecular complexity index is 2230. The number of hydrogen-bond acceptors (Lipinski definition) is 6. The summed E-state index contributed by atoms with van der Waals surface area (Å²) in [5.74, 6) is 0.0260. The van der Waals surface area contributed by atoms with Gasteiger partial charge < -0.3 is 14.0 Å². The van der Waals surface area contributed by atoms with Crippen molar-refractivity contribution in [2.45, 2.75) is 53.3 Å². The fraction of sp³-hybridized carbons (Fsp3) is 0.250. The fourth-order valence-electron chi connectivity index (χ4n) is 6.11. The van der Waals surface area contributed by atoms with Crippen LogP contribution in [0, 0.1) is 13.8 Å². The molecular weight excluding hydrogens is 686 g/mol. The van der Waals surface area contributed by atoms with E-state index in [1.807, 2.05) is 68.5 Å². The Hall–Kier alpha value is -3.92. The van der Waals surface area contributed by atoms with E-state index >= 15 is 0 Å². The van der Waals surface area contributed by atoms with Gasteiger partial charge in [-0.05, 0) is 82.2 Å². The lowest BCUT2D eigenvalue weighted by atomic mass is 9.95. The van der Waals surface area contributed by atoms with Gasteiger partial charge >= 0.3 is 5.97 Å². The molecule has 0 bridgehead atoms. The zero-order valence-corrected chi connectivity index (χ0v) is 29.5. The molecule has 2 aromatic heterocycles. The molecule has 0 spiro atoms. The maximum atomic E-state index is 14.5. The van der Waals surface area contributed by atoms with E-state index in [9.17, 15) is 9.59 Å². The molecule has 3 heterocycles. The summed E-state index contributed by atoms with van der Waals surface area (Å²) in [6.45, 7) is 10.5. The number of ether oxygens (including phenoxy) is 2. The third-order valence-electron chi connectivity index (χ3n) is 8.18. The van der Waals surface area contributed by atoms with Gasteiger partial charge in [0, 0.05) is 38.2 Å². The number of benzene rings is 3. The summed E-state index contributed by atoms with van der Waals surface area (Å²) in [6, 6.07) is 18.9. The summed E-state index contributed by atoms with van der Waals surface area (Å²) in [7, 11) is 1.34. The maximum absolute atomic E-state index is 14.5. The lowest BCUT2D eigenvalue weighted by molar-refractivity contribution is -0.136. The fourth-order valence-corrected chi connectivity index (χ4v) is 7.64. The summed E-state index contributed by atoms with van der Waals surface area (Å²) < 4.78 is 16.6. The van der Waals surface area contributed by atoms with Crippen LogP contribution in [0.4, 0.5) is 0 Å². The molecule has 10 heteroatoms.